The van der Waals surface area contributed by atoms with E-state index in [-0.39, 0.29) is 5.75 Å². The van der Waals surface area contributed by atoms with E-state index in [1.165, 1.54) is 0 Å². The minimum absolute atomic E-state index is 0.184. The van der Waals surface area contributed by atoms with Crippen molar-refractivity contribution in [1.29, 1.82) is 0 Å². The standard InChI is InChI=1S/C19H25NO3S/c1-2-3-12-24(21,22)20-14-18-10-7-11-19(13-18)16-23-15-17-8-5-4-6-9-17/h4-11,13,20H,2-3,12,14-16H2,1H3. The molecule has 0 saturated carbocycles. The number of hydrogen-bond donors (Lipinski definition) is 1. The molecule has 5 heteroatoms. The number of nitrogens with one attached hydrogen (secondary N) is 1. The summed E-state index contributed by atoms with van der Waals surface area (Å²) in [6.45, 7) is 3.37. The first-order chi connectivity index (χ1) is 11.6. The second-order valence-corrected chi connectivity index (χ2v) is 7.72. The molecule has 24 heavy (non-hydrogen) atoms. The molecule has 0 heterocycles. The molecule has 0 spiro atoms. The Balaban J connectivity index is 1.82. The highest BCUT2D eigenvalue weighted by molar-refractivity contribution is 7.89. The second-order valence-electron chi connectivity index (χ2n) is 5.79. The van der Waals surface area contributed by atoms with Crippen molar-refractivity contribution >= 4 is 10.0 Å². The van der Waals surface area contributed by atoms with Gasteiger partial charge in [-0.05, 0) is 23.1 Å². The van der Waals surface area contributed by atoms with E-state index in [9.17, 15) is 8.42 Å². The molecule has 0 fully saturated rings. The first-order valence-electron chi connectivity index (χ1n) is 8.26. The van der Waals surface area contributed by atoms with Gasteiger partial charge in [0.2, 0.25) is 10.0 Å². The molecule has 2 aromatic carbocycles. The lowest BCUT2D eigenvalue weighted by Crippen LogP contribution is -2.25. The Labute approximate surface area is 144 Å². The van der Waals surface area contributed by atoms with Crippen LogP contribution in [0, 0.1) is 0 Å². The molecule has 0 bridgehead atoms. The average Bonchev–Trinajstić information content (AvgIpc) is 2.60. The smallest absolute Gasteiger partial charge is 0.211 e. The highest BCUT2D eigenvalue weighted by Gasteiger charge is 2.09. The van der Waals surface area contributed by atoms with Gasteiger partial charge in [0.1, 0.15) is 0 Å². The molecule has 0 aliphatic rings. The van der Waals surface area contributed by atoms with E-state index in [2.05, 4.69) is 4.72 Å². The van der Waals surface area contributed by atoms with Crippen LogP contribution in [0.4, 0.5) is 0 Å². The number of unbranched alkanes of at least 4 members (excludes halogenated alkanes) is 1. The summed E-state index contributed by atoms with van der Waals surface area (Å²) in [4.78, 5) is 0. The maximum Gasteiger partial charge on any atom is 0.211 e. The molecule has 4 nitrogen and oxygen atoms in total. The Bertz CT molecular complexity index is 714. The minimum atomic E-state index is -3.19. The number of ether oxygens (including phenoxy) is 1. The largest absolute Gasteiger partial charge is 0.372 e. The second kappa shape index (κ2) is 9.57. The van der Waals surface area contributed by atoms with Crippen LogP contribution in [-0.2, 0) is 34.5 Å². The molecule has 0 radical (unpaired) electrons. The van der Waals surface area contributed by atoms with E-state index in [4.69, 9.17) is 4.74 Å². The quantitative estimate of drug-likeness (QED) is 0.714. The molecule has 0 amide bonds. The van der Waals surface area contributed by atoms with Gasteiger partial charge in [-0.1, -0.05) is 67.9 Å². The topological polar surface area (TPSA) is 55.4 Å². The maximum absolute atomic E-state index is 11.8. The number of rotatable bonds is 10. The zero-order valence-corrected chi connectivity index (χ0v) is 14.9. The lowest BCUT2D eigenvalue weighted by Gasteiger charge is -2.09. The van der Waals surface area contributed by atoms with Gasteiger partial charge in [-0.3, -0.25) is 0 Å². The average molecular weight is 347 g/mol. The van der Waals surface area contributed by atoms with Crippen molar-refractivity contribution in [1.82, 2.24) is 4.72 Å². The first kappa shape index (κ1) is 18.6. The predicted molar refractivity (Wildman–Crippen MR) is 96.9 cm³/mol. The molecule has 130 valence electrons. The third-order valence-corrected chi connectivity index (χ3v) is 5.04. The van der Waals surface area contributed by atoms with Gasteiger partial charge in [0, 0.05) is 6.54 Å². The van der Waals surface area contributed by atoms with Crippen LogP contribution in [0.3, 0.4) is 0 Å². The Kier molecular flexibility index (Phi) is 7.43. The summed E-state index contributed by atoms with van der Waals surface area (Å²) in [6.07, 6.45) is 1.55. The third-order valence-electron chi connectivity index (χ3n) is 3.63. The van der Waals surface area contributed by atoms with Crippen LogP contribution in [0.15, 0.2) is 54.6 Å². The Morgan fingerprint density at radius 1 is 0.917 bits per heavy atom. The van der Waals surface area contributed by atoms with E-state index in [0.717, 1.165) is 23.1 Å². The van der Waals surface area contributed by atoms with Gasteiger partial charge < -0.3 is 4.74 Å². The van der Waals surface area contributed by atoms with Crippen molar-refractivity contribution in [3.63, 3.8) is 0 Å². The number of benzene rings is 2. The fraction of sp³-hybridized carbons (Fsp3) is 0.368. The Morgan fingerprint density at radius 2 is 1.58 bits per heavy atom. The lowest BCUT2D eigenvalue weighted by atomic mass is 10.1. The zero-order chi connectivity index (χ0) is 17.3. The lowest BCUT2D eigenvalue weighted by molar-refractivity contribution is 0.107. The molecule has 0 unspecified atom stereocenters. The van der Waals surface area contributed by atoms with Crippen LogP contribution in [0.5, 0.6) is 0 Å². The minimum Gasteiger partial charge on any atom is -0.372 e. The van der Waals surface area contributed by atoms with Crippen molar-refractivity contribution in [2.24, 2.45) is 0 Å². The molecule has 0 aliphatic heterocycles. The van der Waals surface area contributed by atoms with E-state index in [1.807, 2.05) is 61.5 Å². The molecule has 0 saturated heterocycles. The van der Waals surface area contributed by atoms with Gasteiger partial charge in [-0.25, -0.2) is 13.1 Å². The number of hydrogen-bond acceptors (Lipinski definition) is 3. The summed E-state index contributed by atoms with van der Waals surface area (Å²) >= 11 is 0. The molecule has 0 aliphatic carbocycles. The molecule has 2 rings (SSSR count). The summed E-state index contributed by atoms with van der Waals surface area (Å²) in [6, 6.07) is 17.8. The normalized spacial score (nSPS) is 11.5. The summed E-state index contributed by atoms with van der Waals surface area (Å²) in [5, 5.41) is 0. The molecule has 2 aromatic rings. The van der Waals surface area contributed by atoms with Crippen molar-refractivity contribution in [2.45, 2.75) is 39.5 Å². The van der Waals surface area contributed by atoms with E-state index in [0.29, 0.717) is 26.2 Å². The van der Waals surface area contributed by atoms with Gasteiger partial charge in [0.15, 0.2) is 0 Å². The Morgan fingerprint density at radius 3 is 2.33 bits per heavy atom. The third kappa shape index (κ3) is 6.83. The van der Waals surface area contributed by atoms with Crippen molar-refractivity contribution in [3.05, 3.63) is 71.3 Å². The monoisotopic (exact) mass is 347 g/mol. The van der Waals surface area contributed by atoms with E-state index >= 15 is 0 Å². The van der Waals surface area contributed by atoms with Crippen LogP contribution in [-0.4, -0.2) is 14.2 Å². The van der Waals surface area contributed by atoms with Gasteiger partial charge in [-0.2, -0.15) is 0 Å². The van der Waals surface area contributed by atoms with Crippen molar-refractivity contribution in [2.75, 3.05) is 5.75 Å². The molecule has 1 N–H and O–H groups in total. The fourth-order valence-corrected chi connectivity index (χ4v) is 3.49. The Hall–Kier alpha value is -1.69. The van der Waals surface area contributed by atoms with Crippen LogP contribution in [0.2, 0.25) is 0 Å². The summed E-state index contributed by atoms with van der Waals surface area (Å²) in [5.41, 5.74) is 3.12. The molecular weight excluding hydrogens is 322 g/mol. The number of sulfonamides is 1. The van der Waals surface area contributed by atoms with Crippen molar-refractivity contribution in [3.8, 4) is 0 Å². The highest BCUT2D eigenvalue weighted by atomic mass is 32.2. The summed E-state index contributed by atoms with van der Waals surface area (Å²) in [7, 11) is -3.19. The van der Waals surface area contributed by atoms with Gasteiger partial charge >= 0.3 is 0 Å². The highest BCUT2D eigenvalue weighted by Crippen LogP contribution is 2.09. The fourth-order valence-electron chi connectivity index (χ4n) is 2.29. The van der Waals surface area contributed by atoms with Crippen LogP contribution < -0.4 is 4.72 Å². The van der Waals surface area contributed by atoms with Crippen LogP contribution in [0.25, 0.3) is 0 Å². The van der Waals surface area contributed by atoms with Crippen LogP contribution in [0.1, 0.15) is 36.5 Å². The van der Waals surface area contributed by atoms with E-state index in [1.54, 1.807) is 0 Å². The van der Waals surface area contributed by atoms with Gasteiger partial charge in [0.05, 0.1) is 19.0 Å². The van der Waals surface area contributed by atoms with Gasteiger partial charge in [-0.15, -0.1) is 0 Å². The maximum atomic E-state index is 11.8. The predicted octanol–water partition coefficient (Wildman–Crippen LogP) is 3.62. The SMILES string of the molecule is CCCCS(=O)(=O)NCc1cccc(COCc2ccccc2)c1. The molecule has 0 atom stereocenters. The first-order valence-corrected chi connectivity index (χ1v) is 9.91. The van der Waals surface area contributed by atoms with Crippen molar-refractivity contribution < 1.29 is 13.2 Å². The van der Waals surface area contributed by atoms with Crippen LogP contribution >= 0.6 is 0 Å². The zero-order valence-electron chi connectivity index (χ0n) is 14.1. The molecule has 0 aromatic heterocycles. The summed E-state index contributed by atoms with van der Waals surface area (Å²) < 4.78 is 32.1. The molecular formula is C19H25NO3S. The van der Waals surface area contributed by atoms with Gasteiger partial charge in [0.25, 0.3) is 0 Å². The van der Waals surface area contributed by atoms with E-state index < -0.39 is 10.0 Å². The summed E-state index contributed by atoms with van der Waals surface area (Å²) in [5.74, 6) is 0.184.